The Kier molecular flexibility index (Phi) is 2.49. The minimum Gasteiger partial charge on any atom is -0.481 e. The van der Waals surface area contributed by atoms with Crippen LogP contribution in [0.1, 0.15) is 5.56 Å². The smallest absolute Gasteiger partial charge is 0.307 e. The lowest BCUT2D eigenvalue weighted by Crippen LogP contribution is -1.99. The summed E-state index contributed by atoms with van der Waals surface area (Å²) < 4.78 is 5.25. The zero-order valence-corrected chi connectivity index (χ0v) is 7.88. The average Bonchev–Trinajstić information content (AvgIpc) is 2.66. The van der Waals surface area contributed by atoms with Crippen LogP contribution >= 0.6 is 0 Å². The molecule has 0 aliphatic rings. The van der Waals surface area contributed by atoms with Gasteiger partial charge in [-0.3, -0.25) is 9.78 Å². The van der Waals surface area contributed by atoms with Crippen molar-refractivity contribution in [2.75, 3.05) is 0 Å². The van der Waals surface area contributed by atoms with Gasteiger partial charge in [-0.2, -0.15) is 0 Å². The molecule has 0 saturated carbocycles. The van der Waals surface area contributed by atoms with E-state index in [9.17, 15) is 4.79 Å². The van der Waals surface area contributed by atoms with Gasteiger partial charge in [0.2, 0.25) is 0 Å². The van der Waals surface area contributed by atoms with E-state index in [1.165, 1.54) is 6.26 Å². The van der Waals surface area contributed by atoms with Crippen molar-refractivity contribution >= 4 is 5.97 Å². The van der Waals surface area contributed by atoms with Crippen LogP contribution in [-0.4, -0.2) is 16.1 Å². The number of carboxylic acid groups (broad SMARTS) is 1. The van der Waals surface area contributed by atoms with Gasteiger partial charge >= 0.3 is 5.97 Å². The van der Waals surface area contributed by atoms with Crippen molar-refractivity contribution < 1.29 is 14.3 Å². The first-order chi connectivity index (χ1) is 7.27. The van der Waals surface area contributed by atoms with E-state index in [4.69, 9.17) is 9.52 Å². The van der Waals surface area contributed by atoms with Crippen LogP contribution in [0.2, 0.25) is 0 Å². The van der Waals surface area contributed by atoms with Gasteiger partial charge in [-0.1, -0.05) is 0 Å². The SMILES string of the molecule is O=C(O)Cc1ccoc1-c1cccnc1. The molecule has 0 atom stereocenters. The summed E-state index contributed by atoms with van der Waals surface area (Å²) in [6, 6.07) is 5.27. The molecule has 0 spiro atoms. The number of hydrogen-bond donors (Lipinski definition) is 1. The number of nitrogens with zero attached hydrogens (tertiary/aromatic N) is 1. The highest BCUT2D eigenvalue weighted by atomic mass is 16.4. The second-order valence-corrected chi connectivity index (χ2v) is 3.09. The summed E-state index contributed by atoms with van der Waals surface area (Å²) in [5, 5.41) is 8.70. The number of rotatable bonds is 3. The van der Waals surface area contributed by atoms with Crippen molar-refractivity contribution in [2.24, 2.45) is 0 Å². The zero-order valence-electron chi connectivity index (χ0n) is 7.88. The molecule has 2 rings (SSSR count). The fourth-order valence-electron chi connectivity index (χ4n) is 1.39. The maximum atomic E-state index is 10.6. The number of hydrogen-bond acceptors (Lipinski definition) is 3. The molecule has 0 unspecified atom stereocenters. The lowest BCUT2D eigenvalue weighted by Gasteiger charge is -1.99. The Morgan fingerprint density at radius 1 is 1.47 bits per heavy atom. The van der Waals surface area contributed by atoms with Crippen LogP contribution in [0.3, 0.4) is 0 Å². The van der Waals surface area contributed by atoms with Crippen LogP contribution in [-0.2, 0) is 11.2 Å². The highest BCUT2D eigenvalue weighted by Gasteiger charge is 2.11. The van der Waals surface area contributed by atoms with E-state index in [0.29, 0.717) is 11.3 Å². The third-order valence-corrected chi connectivity index (χ3v) is 2.01. The Hall–Kier alpha value is -2.10. The van der Waals surface area contributed by atoms with Crippen molar-refractivity contribution in [3.8, 4) is 11.3 Å². The van der Waals surface area contributed by atoms with Crippen LogP contribution in [0.4, 0.5) is 0 Å². The zero-order chi connectivity index (χ0) is 10.7. The van der Waals surface area contributed by atoms with Crippen LogP contribution in [0.5, 0.6) is 0 Å². The molecule has 0 fully saturated rings. The largest absolute Gasteiger partial charge is 0.481 e. The third kappa shape index (κ3) is 2.04. The molecule has 2 heterocycles. The number of carboxylic acids is 1. The summed E-state index contributed by atoms with van der Waals surface area (Å²) in [7, 11) is 0. The molecule has 15 heavy (non-hydrogen) atoms. The molecule has 0 aromatic carbocycles. The molecule has 2 aromatic heterocycles. The predicted octanol–water partition coefficient (Wildman–Crippen LogP) is 1.97. The molecule has 76 valence electrons. The number of aliphatic carboxylic acids is 1. The topological polar surface area (TPSA) is 63.3 Å². The monoisotopic (exact) mass is 203 g/mol. The Morgan fingerprint density at radius 2 is 2.33 bits per heavy atom. The van der Waals surface area contributed by atoms with Crippen molar-refractivity contribution in [1.82, 2.24) is 4.98 Å². The predicted molar refractivity (Wildman–Crippen MR) is 53.3 cm³/mol. The number of furan rings is 1. The van der Waals surface area contributed by atoms with E-state index >= 15 is 0 Å². The van der Waals surface area contributed by atoms with Crippen molar-refractivity contribution in [1.29, 1.82) is 0 Å². The van der Waals surface area contributed by atoms with E-state index in [2.05, 4.69) is 4.98 Å². The van der Waals surface area contributed by atoms with Gasteiger partial charge in [0, 0.05) is 23.5 Å². The van der Waals surface area contributed by atoms with E-state index in [-0.39, 0.29) is 6.42 Å². The molecule has 4 heteroatoms. The van der Waals surface area contributed by atoms with Gasteiger partial charge in [-0.15, -0.1) is 0 Å². The maximum absolute atomic E-state index is 10.6. The van der Waals surface area contributed by atoms with E-state index in [1.807, 2.05) is 6.07 Å². The molecule has 0 aliphatic carbocycles. The van der Waals surface area contributed by atoms with Crippen LogP contribution in [0.25, 0.3) is 11.3 Å². The Labute approximate surface area is 86.2 Å². The minimum absolute atomic E-state index is 0.0409. The second kappa shape index (κ2) is 3.96. The van der Waals surface area contributed by atoms with E-state index in [0.717, 1.165) is 5.56 Å². The normalized spacial score (nSPS) is 10.1. The van der Waals surface area contributed by atoms with Gasteiger partial charge in [0.15, 0.2) is 0 Å². The number of carbonyl (C=O) groups is 1. The van der Waals surface area contributed by atoms with Crippen LogP contribution in [0, 0.1) is 0 Å². The first-order valence-electron chi connectivity index (χ1n) is 4.46. The molecular formula is C11H9NO3. The molecule has 0 saturated heterocycles. The van der Waals surface area contributed by atoms with Crippen LogP contribution in [0.15, 0.2) is 41.3 Å². The molecule has 1 N–H and O–H groups in total. The lowest BCUT2D eigenvalue weighted by molar-refractivity contribution is -0.136. The average molecular weight is 203 g/mol. The molecule has 0 amide bonds. The van der Waals surface area contributed by atoms with E-state index < -0.39 is 5.97 Å². The van der Waals surface area contributed by atoms with Gasteiger partial charge in [0.1, 0.15) is 5.76 Å². The molecule has 2 aromatic rings. The quantitative estimate of drug-likeness (QED) is 0.828. The van der Waals surface area contributed by atoms with Gasteiger partial charge in [0.25, 0.3) is 0 Å². The van der Waals surface area contributed by atoms with Gasteiger partial charge < -0.3 is 9.52 Å². The maximum Gasteiger partial charge on any atom is 0.307 e. The van der Waals surface area contributed by atoms with Crippen molar-refractivity contribution in [3.05, 3.63) is 42.4 Å². The summed E-state index contributed by atoms with van der Waals surface area (Å²) in [6.07, 6.45) is 4.74. The second-order valence-electron chi connectivity index (χ2n) is 3.09. The fraction of sp³-hybridized carbons (Fsp3) is 0.0909. The summed E-state index contributed by atoms with van der Waals surface area (Å²) in [4.78, 5) is 14.5. The number of pyridine rings is 1. The van der Waals surface area contributed by atoms with E-state index in [1.54, 1.807) is 24.5 Å². The molecule has 0 radical (unpaired) electrons. The Bertz CT molecular complexity index is 462. The lowest BCUT2D eigenvalue weighted by atomic mass is 10.1. The standard InChI is InChI=1S/C11H9NO3/c13-10(14)6-8-3-5-15-11(8)9-2-1-4-12-7-9/h1-5,7H,6H2,(H,13,14). The van der Waals surface area contributed by atoms with Gasteiger partial charge in [-0.25, -0.2) is 0 Å². The van der Waals surface area contributed by atoms with Gasteiger partial charge in [-0.05, 0) is 18.2 Å². The summed E-state index contributed by atoms with van der Waals surface area (Å²) in [6.45, 7) is 0. The first-order valence-corrected chi connectivity index (χ1v) is 4.46. The first kappa shape index (κ1) is 9.45. The number of aromatic nitrogens is 1. The minimum atomic E-state index is -0.874. The highest BCUT2D eigenvalue weighted by molar-refractivity contribution is 5.74. The van der Waals surface area contributed by atoms with Crippen LogP contribution < -0.4 is 0 Å². The van der Waals surface area contributed by atoms with Crippen molar-refractivity contribution in [3.63, 3.8) is 0 Å². The molecule has 0 aliphatic heterocycles. The van der Waals surface area contributed by atoms with Crippen molar-refractivity contribution in [2.45, 2.75) is 6.42 Å². The molecule has 4 nitrogen and oxygen atoms in total. The summed E-state index contributed by atoms with van der Waals surface area (Å²) >= 11 is 0. The summed E-state index contributed by atoms with van der Waals surface area (Å²) in [5.74, 6) is -0.299. The Morgan fingerprint density at radius 3 is 3.00 bits per heavy atom. The highest BCUT2D eigenvalue weighted by Crippen LogP contribution is 2.24. The molecular weight excluding hydrogens is 194 g/mol. The third-order valence-electron chi connectivity index (χ3n) is 2.01. The summed E-state index contributed by atoms with van der Waals surface area (Å²) in [5.41, 5.74) is 1.45. The van der Waals surface area contributed by atoms with Gasteiger partial charge in [0.05, 0.1) is 12.7 Å². The fourth-order valence-corrected chi connectivity index (χ4v) is 1.39. The Balaban J connectivity index is 2.37. The molecule has 0 bridgehead atoms.